The molecular weight excluding hydrogens is 162 g/mol. The van der Waals surface area contributed by atoms with E-state index in [2.05, 4.69) is 5.32 Å². The second-order valence-electron chi connectivity index (χ2n) is 4.29. The summed E-state index contributed by atoms with van der Waals surface area (Å²) < 4.78 is 0. The zero-order valence-corrected chi connectivity index (χ0v) is 8.76. The Kier molecular flexibility index (Phi) is 5.40. The molecule has 1 aliphatic rings. The van der Waals surface area contributed by atoms with Gasteiger partial charge in [-0.25, -0.2) is 0 Å². The van der Waals surface area contributed by atoms with Gasteiger partial charge in [-0.05, 0) is 38.3 Å². The molecule has 1 rings (SSSR count). The first-order valence-corrected chi connectivity index (χ1v) is 5.62. The third-order valence-corrected chi connectivity index (χ3v) is 3.31. The minimum absolute atomic E-state index is 0.381. The van der Waals surface area contributed by atoms with E-state index in [1.54, 1.807) is 0 Å². The van der Waals surface area contributed by atoms with Gasteiger partial charge in [0.2, 0.25) is 0 Å². The third-order valence-electron chi connectivity index (χ3n) is 3.31. The van der Waals surface area contributed by atoms with Gasteiger partial charge in [-0.1, -0.05) is 25.7 Å². The standard InChI is InChI=1S/C11H23NO/c1-12-8-6-10-2-4-11(5-3-10)7-9-13/h10-13H,2-9H2,1H3. The van der Waals surface area contributed by atoms with Crippen molar-refractivity contribution in [3.05, 3.63) is 0 Å². The van der Waals surface area contributed by atoms with Crippen molar-refractivity contribution in [1.82, 2.24) is 5.32 Å². The summed E-state index contributed by atoms with van der Waals surface area (Å²) in [5, 5.41) is 12.0. The van der Waals surface area contributed by atoms with E-state index in [1.807, 2.05) is 7.05 Å². The van der Waals surface area contributed by atoms with Crippen LogP contribution in [-0.4, -0.2) is 25.3 Å². The number of aliphatic hydroxyl groups is 1. The predicted octanol–water partition coefficient (Wildman–Crippen LogP) is 1.78. The van der Waals surface area contributed by atoms with E-state index in [0.717, 1.165) is 24.8 Å². The Morgan fingerprint density at radius 3 is 2.08 bits per heavy atom. The van der Waals surface area contributed by atoms with Crippen LogP contribution in [0.25, 0.3) is 0 Å². The lowest BCUT2D eigenvalue weighted by Gasteiger charge is -2.27. The van der Waals surface area contributed by atoms with Gasteiger partial charge < -0.3 is 10.4 Å². The average Bonchev–Trinajstić information content (AvgIpc) is 2.17. The third kappa shape index (κ3) is 4.10. The number of aliphatic hydroxyl groups excluding tert-OH is 1. The number of rotatable bonds is 5. The molecule has 0 aliphatic heterocycles. The lowest BCUT2D eigenvalue weighted by atomic mass is 9.79. The van der Waals surface area contributed by atoms with Crippen molar-refractivity contribution in [2.24, 2.45) is 11.8 Å². The summed E-state index contributed by atoms with van der Waals surface area (Å²) in [5.74, 6) is 1.76. The molecule has 2 heteroatoms. The van der Waals surface area contributed by atoms with Crippen molar-refractivity contribution in [2.45, 2.75) is 38.5 Å². The first kappa shape index (κ1) is 11.0. The quantitative estimate of drug-likeness (QED) is 0.684. The molecule has 0 saturated heterocycles. The zero-order valence-electron chi connectivity index (χ0n) is 8.76. The second-order valence-corrected chi connectivity index (χ2v) is 4.29. The van der Waals surface area contributed by atoms with Crippen LogP contribution in [0.4, 0.5) is 0 Å². The van der Waals surface area contributed by atoms with Crippen LogP contribution in [-0.2, 0) is 0 Å². The molecule has 0 bridgehead atoms. The average molecular weight is 185 g/mol. The molecular formula is C11H23NO. The van der Waals surface area contributed by atoms with E-state index in [0.29, 0.717) is 6.61 Å². The van der Waals surface area contributed by atoms with E-state index >= 15 is 0 Å². The molecule has 1 aliphatic carbocycles. The zero-order chi connectivity index (χ0) is 9.52. The van der Waals surface area contributed by atoms with Gasteiger partial charge in [-0.3, -0.25) is 0 Å². The molecule has 2 N–H and O–H groups in total. The predicted molar refractivity (Wildman–Crippen MR) is 55.7 cm³/mol. The monoisotopic (exact) mass is 185 g/mol. The molecule has 2 nitrogen and oxygen atoms in total. The largest absolute Gasteiger partial charge is 0.396 e. The fraction of sp³-hybridized carbons (Fsp3) is 1.00. The lowest BCUT2D eigenvalue weighted by molar-refractivity contribution is 0.202. The van der Waals surface area contributed by atoms with Crippen molar-refractivity contribution in [3.8, 4) is 0 Å². The summed E-state index contributed by atoms with van der Waals surface area (Å²) >= 11 is 0. The second kappa shape index (κ2) is 6.39. The van der Waals surface area contributed by atoms with Gasteiger partial charge in [0.05, 0.1) is 0 Å². The van der Waals surface area contributed by atoms with E-state index in [9.17, 15) is 0 Å². The normalized spacial score (nSPS) is 29.1. The molecule has 0 radical (unpaired) electrons. The van der Waals surface area contributed by atoms with Gasteiger partial charge >= 0.3 is 0 Å². The van der Waals surface area contributed by atoms with Crippen molar-refractivity contribution in [2.75, 3.05) is 20.2 Å². The van der Waals surface area contributed by atoms with Crippen LogP contribution in [0.5, 0.6) is 0 Å². The van der Waals surface area contributed by atoms with Crippen LogP contribution in [0.1, 0.15) is 38.5 Å². The fourth-order valence-corrected chi connectivity index (χ4v) is 2.34. The van der Waals surface area contributed by atoms with Crippen molar-refractivity contribution >= 4 is 0 Å². The van der Waals surface area contributed by atoms with E-state index in [1.165, 1.54) is 32.1 Å². The van der Waals surface area contributed by atoms with Crippen molar-refractivity contribution in [3.63, 3.8) is 0 Å². The minimum atomic E-state index is 0.381. The Morgan fingerprint density at radius 2 is 1.62 bits per heavy atom. The molecule has 78 valence electrons. The van der Waals surface area contributed by atoms with Gasteiger partial charge in [0.1, 0.15) is 0 Å². The highest BCUT2D eigenvalue weighted by atomic mass is 16.3. The van der Waals surface area contributed by atoms with Crippen LogP contribution < -0.4 is 5.32 Å². The summed E-state index contributed by atoms with van der Waals surface area (Å²) in [6.07, 6.45) is 7.81. The Morgan fingerprint density at radius 1 is 1.08 bits per heavy atom. The Bertz CT molecular complexity index is 119. The molecule has 0 unspecified atom stereocenters. The summed E-state index contributed by atoms with van der Waals surface area (Å²) in [5.41, 5.74) is 0. The molecule has 0 aromatic heterocycles. The summed E-state index contributed by atoms with van der Waals surface area (Å²) in [7, 11) is 2.03. The van der Waals surface area contributed by atoms with Crippen LogP contribution >= 0.6 is 0 Å². The van der Waals surface area contributed by atoms with E-state index in [4.69, 9.17) is 5.11 Å². The molecule has 1 fully saturated rings. The first-order valence-electron chi connectivity index (χ1n) is 5.62. The van der Waals surface area contributed by atoms with Gasteiger partial charge in [-0.15, -0.1) is 0 Å². The van der Waals surface area contributed by atoms with Gasteiger partial charge in [0, 0.05) is 6.61 Å². The van der Waals surface area contributed by atoms with Crippen LogP contribution in [0.3, 0.4) is 0 Å². The summed E-state index contributed by atoms with van der Waals surface area (Å²) in [6.45, 7) is 1.54. The fourth-order valence-electron chi connectivity index (χ4n) is 2.34. The maximum atomic E-state index is 8.82. The molecule has 0 heterocycles. The topological polar surface area (TPSA) is 32.3 Å². The summed E-state index contributed by atoms with van der Waals surface area (Å²) in [4.78, 5) is 0. The minimum Gasteiger partial charge on any atom is -0.396 e. The number of nitrogens with one attached hydrogen (secondary N) is 1. The lowest BCUT2D eigenvalue weighted by Crippen LogP contribution is -2.19. The highest BCUT2D eigenvalue weighted by Crippen LogP contribution is 2.31. The Balaban J connectivity index is 2.08. The molecule has 0 atom stereocenters. The van der Waals surface area contributed by atoms with Gasteiger partial charge in [0.25, 0.3) is 0 Å². The molecule has 0 aromatic rings. The Hall–Kier alpha value is -0.0800. The number of hydrogen-bond donors (Lipinski definition) is 2. The molecule has 13 heavy (non-hydrogen) atoms. The highest BCUT2D eigenvalue weighted by Gasteiger charge is 2.19. The van der Waals surface area contributed by atoms with Crippen LogP contribution in [0.15, 0.2) is 0 Å². The molecule has 0 spiro atoms. The van der Waals surface area contributed by atoms with Gasteiger partial charge in [0.15, 0.2) is 0 Å². The maximum Gasteiger partial charge on any atom is 0.0433 e. The number of hydrogen-bond acceptors (Lipinski definition) is 2. The molecule has 0 aromatic carbocycles. The highest BCUT2D eigenvalue weighted by molar-refractivity contribution is 4.72. The van der Waals surface area contributed by atoms with E-state index < -0.39 is 0 Å². The van der Waals surface area contributed by atoms with Crippen LogP contribution in [0.2, 0.25) is 0 Å². The smallest absolute Gasteiger partial charge is 0.0433 e. The first-order chi connectivity index (χ1) is 6.36. The summed E-state index contributed by atoms with van der Waals surface area (Å²) in [6, 6.07) is 0. The van der Waals surface area contributed by atoms with Crippen molar-refractivity contribution in [1.29, 1.82) is 0 Å². The van der Waals surface area contributed by atoms with E-state index in [-0.39, 0.29) is 0 Å². The molecule has 1 saturated carbocycles. The maximum absolute atomic E-state index is 8.82. The van der Waals surface area contributed by atoms with Gasteiger partial charge in [-0.2, -0.15) is 0 Å². The molecule has 0 amide bonds. The Labute approximate surface area is 81.7 Å². The van der Waals surface area contributed by atoms with Crippen LogP contribution in [0, 0.1) is 11.8 Å². The van der Waals surface area contributed by atoms with Crippen molar-refractivity contribution < 1.29 is 5.11 Å². The SMILES string of the molecule is CNCCC1CCC(CCO)CC1.